The molecule has 1 rings (SSSR count). The van der Waals surface area contributed by atoms with Crippen LogP contribution in [0.25, 0.3) is 0 Å². The molecule has 5 nitrogen and oxygen atoms in total. The standard InChI is InChI=1S/C9H12N2O3S2/c1-15-6-9(12)11-7-2-4-8(5-3-7)16(10,13)14/h2-5H,6H2,1H3,(H,11,12)(H2,10,13,14). The third kappa shape index (κ3) is 3.84. The minimum absolute atomic E-state index is 0.0235. The van der Waals surface area contributed by atoms with E-state index in [0.29, 0.717) is 11.4 Å². The maximum atomic E-state index is 11.2. The van der Waals surface area contributed by atoms with Crippen LogP contribution in [0.4, 0.5) is 5.69 Å². The molecule has 0 atom stereocenters. The van der Waals surface area contributed by atoms with E-state index in [-0.39, 0.29) is 10.8 Å². The number of rotatable bonds is 4. The Morgan fingerprint density at radius 2 is 1.94 bits per heavy atom. The van der Waals surface area contributed by atoms with Crippen LogP contribution in [0, 0.1) is 0 Å². The van der Waals surface area contributed by atoms with Gasteiger partial charge in [0.2, 0.25) is 15.9 Å². The number of hydrogen-bond donors (Lipinski definition) is 2. The predicted octanol–water partition coefficient (Wildman–Crippen LogP) is 0.635. The number of carbonyl (C=O) groups excluding carboxylic acids is 1. The fourth-order valence-electron chi connectivity index (χ4n) is 1.06. The summed E-state index contributed by atoms with van der Waals surface area (Å²) in [6.07, 6.45) is 1.82. The van der Waals surface area contributed by atoms with Gasteiger partial charge in [0.25, 0.3) is 0 Å². The molecule has 1 aromatic carbocycles. The van der Waals surface area contributed by atoms with Crippen LogP contribution in [0.3, 0.4) is 0 Å². The second kappa shape index (κ2) is 5.33. The summed E-state index contributed by atoms with van der Waals surface area (Å²) in [4.78, 5) is 11.2. The normalized spacial score (nSPS) is 11.1. The van der Waals surface area contributed by atoms with E-state index in [2.05, 4.69) is 5.32 Å². The molecule has 88 valence electrons. The Labute approximate surface area is 98.5 Å². The van der Waals surface area contributed by atoms with Crippen molar-refractivity contribution in [3.63, 3.8) is 0 Å². The van der Waals surface area contributed by atoms with Gasteiger partial charge in [0.1, 0.15) is 0 Å². The zero-order chi connectivity index (χ0) is 12.2. The minimum Gasteiger partial charge on any atom is -0.325 e. The molecule has 0 radical (unpaired) electrons. The summed E-state index contributed by atoms with van der Waals surface area (Å²) in [5.74, 6) is 0.229. The molecule has 0 aliphatic heterocycles. The maximum absolute atomic E-state index is 11.2. The number of carbonyl (C=O) groups is 1. The van der Waals surface area contributed by atoms with E-state index in [1.54, 1.807) is 0 Å². The lowest BCUT2D eigenvalue weighted by Crippen LogP contribution is -2.14. The number of primary sulfonamides is 1. The number of amides is 1. The Morgan fingerprint density at radius 3 is 2.38 bits per heavy atom. The Hall–Kier alpha value is -1.05. The molecule has 7 heteroatoms. The average Bonchev–Trinajstić information content (AvgIpc) is 2.17. The van der Waals surface area contributed by atoms with Crippen LogP contribution in [0.5, 0.6) is 0 Å². The number of anilines is 1. The van der Waals surface area contributed by atoms with Crippen molar-refractivity contribution in [2.45, 2.75) is 4.90 Å². The molecule has 0 heterocycles. The molecular weight excluding hydrogens is 248 g/mol. The van der Waals surface area contributed by atoms with E-state index in [0.717, 1.165) is 0 Å². The van der Waals surface area contributed by atoms with Crippen molar-refractivity contribution in [3.05, 3.63) is 24.3 Å². The Bertz CT molecular complexity index is 468. The van der Waals surface area contributed by atoms with Crippen LogP contribution in [0.2, 0.25) is 0 Å². The smallest absolute Gasteiger partial charge is 0.238 e. The largest absolute Gasteiger partial charge is 0.325 e. The van der Waals surface area contributed by atoms with Crippen molar-refractivity contribution in [2.24, 2.45) is 5.14 Å². The number of hydrogen-bond acceptors (Lipinski definition) is 4. The van der Waals surface area contributed by atoms with Crippen LogP contribution in [-0.2, 0) is 14.8 Å². The SMILES string of the molecule is CSCC(=O)Nc1ccc(S(N)(=O)=O)cc1. The van der Waals surface area contributed by atoms with Gasteiger partial charge in [-0.05, 0) is 30.5 Å². The van der Waals surface area contributed by atoms with E-state index in [1.807, 2.05) is 6.26 Å². The lowest BCUT2D eigenvalue weighted by atomic mass is 10.3. The zero-order valence-corrected chi connectivity index (χ0v) is 10.3. The summed E-state index contributed by atoms with van der Waals surface area (Å²) < 4.78 is 21.9. The molecule has 0 aliphatic rings. The number of thioether (sulfide) groups is 1. The number of benzene rings is 1. The average molecular weight is 260 g/mol. The third-order valence-corrected chi connectivity index (χ3v) is 3.22. The van der Waals surface area contributed by atoms with E-state index < -0.39 is 10.0 Å². The second-order valence-corrected chi connectivity index (χ2v) is 5.48. The maximum Gasteiger partial charge on any atom is 0.238 e. The van der Waals surface area contributed by atoms with E-state index in [1.165, 1.54) is 36.0 Å². The fraction of sp³-hybridized carbons (Fsp3) is 0.222. The van der Waals surface area contributed by atoms with Gasteiger partial charge in [-0.1, -0.05) is 0 Å². The van der Waals surface area contributed by atoms with Crippen molar-refractivity contribution in [1.29, 1.82) is 0 Å². The third-order valence-electron chi connectivity index (χ3n) is 1.74. The van der Waals surface area contributed by atoms with Gasteiger partial charge in [-0.25, -0.2) is 13.6 Å². The van der Waals surface area contributed by atoms with Crippen molar-refractivity contribution < 1.29 is 13.2 Å². The van der Waals surface area contributed by atoms with Crippen molar-refractivity contribution in [3.8, 4) is 0 Å². The molecule has 16 heavy (non-hydrogen) atoms. The summed E-state index contributed by atoms with van der Waals surface area (Å²) in [7, 11) is -3.68. The topological polar surface area (TPSA) is 89.3 Å². The Balaban J connectivity index is 2.76. The lowest BCUT2D eigenvalue weighted by molar-refractivity contribution is -0.113. The highest BCUT2D eigenvalue weighted by Crippen LogP contribution is 2.12. The van der Waals surface area contributed by atoms with Gasteiger partial charge in [-0.3, -0.25) is 4.79 Å². The summed E-state index contributed by atoms with van der Waals surface area (Å²) in [6, 6.07) is 5.70. The van der Waals surface area contributed by atoms with Crippen LogP contribution in [-0.4, -0.2) is 26.3 Å². The van der Waals surface area contributed by atoms with Crippen molar-refractivity contribution in [1.82, 2.24) is 0 Å². The van der Waals surface area contributed by atoms with Gasteiger partial charge in [0.05, 0.1) is 10.6 Å². The molecule has 0 aromatic heterocycles. The molecule has 1 aromatic rings. The van der Waals surface area contributed by atoms with Crippen molar-refractivity contribution in [2.75, 3.05) is 17.3 Å². The molecule has 0 unspecified atom stereocenters. The van der Waals surface area contributed by atoms with Crippen molar-refractivity contribution >= 4 is 33.4 Å². The summed E-state index contributed by atoms with van der Waals surface area (Å²) >= 11 is 1.41. The van der Waals surface area contributed by atoms with Crippen LogP contribution < -0.4 is 10.5 Å². The van der Waals surface area contributed by atoms with Crippen LogP contribution in [0.15, 0.2) is 29.2 Å². The van der Waals surface area contributed by atoms with Gasteiger partial charge < -0.3 is 5.32 Å². The molecule has 0 saturated carbocycles. The van der Waals surface area contributed by atoms with Crippen LogP contribution >= 0.6 is 11.8 Å². The van der Waals surface area contributed by atoms with Gasteiger partial charge in [0, 0.05) is 5.69 Å². The number of nitrogens with one attached hydrogen (secondary N) is 1. The lowest BCUT2D eigenvalue weighted by Gasteiger charge is -2.04. The van der Waals surface area contributed by atoms with Crippen LogP contribution in [0.1, 0.15) is 0 Å². The molecule has 0 aliphatic carbocycles. The molecule has 3 N–H and O–H groups in total. The van der Waals surface area contributed by atoms with Gasteiger partial charge in [-0.15, -0.1) is 0 Å². The van der Waals surface area contributed by atoms with Gasteiger partial charge in [-0.2, -0.15) is 11.8 Å². The summed E-state index contributed by atoms with van der Waals surface area (Å²) in [6.45, 7) is 0. The Morgan fingerprint density at radius 1 is 1.38 bits per heavy atom. The fourth-order valence-corrected chi connectivity index (χ4v) is 1.91. The highest BCUT2D eigenvalue weighted by atomic mass is 32.2. The number of nitrogens with two attached hydrogens (primary N) is 1. The molecule has 0 fully saturated rings. The first-order chi connectivity index (χ1) is 7.43. The molecule has 0 bridgehead atoms. The minimum atomic E-state index is -3.68. The molecule has 1 amide bonds. The van der Waals surface area contributed by atoms with E-state index in [4.69, 9.17) is 5.14 Å². The van der Waals surface area contributed by atoms with Gasteiger partial charge in [0.15, 0.2) is 0 Å². The first-order valence-corrected chi connectivity index (χ1v) is 7.29. The quantitative estimate of drug-likeness (QED) is 0.831. The molecular formula is C9H12N2O3S2. The first-order valence-electron chi connectivity index (χ1n) is 4.35. The highest BCUT2D eigenvalue weighted by molar-refractivity contribution is 7.99. The second-order valence-electron chi connectivity index (χ2n) is 3.05. The molecule has 0 spiro atoms. The van der Waals surface area contributed by atoms with E-state index >= 15 is 0 Å². The zero-order valence-electron chi connectivity index (χ0n) is 8.64. The highest BCUT2D eigenvalue weighted by Gasteiger charge is 2.07. The summed E-state index contributed by atoms with van der Waals surface area (Å²) in [5, 5.41) is 7.56. The molecule has 0 saturated heterocycles. The Kier molecular flexibility index (Phi) is 4.34. The van der Waals surface area contributed by atoms with E-state index in [9.17, 15) is 13.2 Å². The van der Waals surface area contributed by atoms with Gasteiger partial charge >= 0.3 is 0 Å². The number of sulfonamides is 1. The monoisotopic (exact) mass is 260 g/mol. The summed E-state index contributed by atoms with van der Waals surface area (Å²) in [5.41, 5.74) is 0.548. The first kappa shape index (κ1) is 13.0. The predicted molar refractivity (Wildman–Crippen MR) is 64.8 cm³/mol.